The van der Waals surface area contributed by atoms with Gasteiger partial charge in [0.15, 0.2) is 0 Å². The predicted octanol–water partition coefficient (Wildman–Crippen LogP) is 2.08. The largest absolute Gasteiger partial charge is 0.492 e. The van der Waals surface area contributed by atoms with Crippen molar-refractivity contribution in [3.63, 3.8) is 0 Å². The molecule has 0 amide bonds. The molecule has 1 aliphatic heterocycles. The molecule has 0 radical (unpaired) electrons. The highest BCUT2D eigenvalue weighted by molar-refractivity contribution is 7.89. The summed E-state index contributed by atoms with van der Waals surface area (Å²) < 4.78 is 28.6. The number of aryl methyl sites for hydroxylation is 1. The van der Waals surface area contributed by atoms with Gasteiger partial charge in [0.1, 0.15) is 12.4 Å². The van der Waals surface area contributed by atoms with Gasteiger partial charge in [-0.05, 0) is 49.2 Å². The first-order valence-electron chi connectivity index (χ1n) is 7.53. The molecule has 0 fully saturated rings. The smallest absolute Gasteiger partial charge is 0.238 e. The molecule has 0 unspecified atom stereocenters. The summed E-state index contributed by atoms with van der Waals surface area (Å²) in [6.45, 7) is 4.25. The average molecular weight is 332 g/mol. The van der Waals surface area contributed by atoms with Crippen molar-refractivity contribution >= 4 is 15.7 Å². The zero-order valence-electron chi connectivity index (χ0n) is 13.0. The van der Waals surface area contributed by atoms with Crippen LogP contribution in [0.1, 0.15) is 11.1 Å². The van der Waals surface area contributed by atoms with E-state index < -0.39 is 10.0 Å². The number of rotatable bonds is 5. The Hall–Kier alpha value is -2.05. The Morgan fingerprint density at radius 1 is 1.17 bits per heavy atom. The molecule has 0 aromatic heterocycles. The lowest BCUT2D eigenvalue weighted by Crippen LogP contribution is -2.26. The highest BCUT2D eigenvalue weighted by Crippen LogP contribution is 2.29. The Balaban J connectivity index is 1.63. The van der Waals surface area contributed by atoms with Crippen LogP contribution in [0, 0.1) is 6.92 Å². The molecule has 23 heavy (non-hydrogen) atoms. The summed E-state index contributed by atoms with van der Waals surface area (Å²) in [5, 5.41) is 5.18. The maximum absolute atomic E-state index is 11.4. The van der Waals surface area contributed by atoms with E-state index in [0.29, 0.717) is 6.61 Å². The highest BCUT2D eigenvalue weighted by Gasteiger charge is 2.21. The first kappa shape index (κ1) is 15.8. The van der Waals surface area contributed by atoms with Crippen molar-refractivity contribution in [2.75, 3.05) is 24.6 Å². The molecule has 0 atom stereocenters. The molecule has 0 aliphatic carbocycles. The van der Waals surface area contributed by atoms with Gasteiger partial charge in [-0.25, -0.2) is 13.6 Å². The van der Waals surface area contributed by atoms with Crippen molar-refractivity contribution in [2.45, 2.75) is 18.2 Å². The standard InChI is InChI=1S/C17H20N2O3S/c1-13-2-4-15(5-3-13)22-11-10-19-9-8-14-12-16(23(18,20)21)6-7-17(14)19/h2-7,12H,8-11H2,1H3,(H2,18,20,21). The lowest BCUT2D eigenvalue weighted by molar-refractivity contribution is 0.324. The summed E-state index contributed by atoms with van der Waals surface area (Å²) >= 11 is 0. The molecule has 3 rings (SSSR count). The zero-order valence-corrected chi connectivity index (χ0v) is 13.8. The van der Waals surface area contributed by atoms with Crippen molar-refractivity contribution in [3.8, 4) is 5.75 Å². The number of hydrogen-bond acceptors (Lipinski definition) is 4. The minimum absolute atomic E-state index is 0.175. The first-order valence-corrected chi connectivity index (χ1v) is 9.08. The van der Waals surface area contributed by atoms with Crippen molar-refractivity contribution in [2.24, 2.45) is 5.14 Å². The van der Waals surface area contributed by atoms with Crippen LogP contribution in [-0.2, 0) is 16.4 Å². The molecule has 0 saturated carbocycles. The van der Waals surface area contributed by atoms with Crippen molar-refractivity contribution in [3.05, 3.63) is 53.6 Å². The van der Waals surface area contributed by atoms with Crippen molar-refractivity contribution in [1.29, 1.82) is 0 Å². The number of nitrogens with two attached hydrogens (primary N) is 1. The van der Waals surface area contributed by atoms with E-state index in [9.17, 15) is 8.42 Å². The fourth-order valence-electron chi connectivity index (χ4n) is 2.76. The Bertz CT molecular complexity index is 801. The SMILES string of the molecule is Cc1ccc(OCCN2CCc3cc(S(N)(=O)=O)ccc32)cc1. The maximum atomic E-state index is 11.4. The van der Waals surface area contributed by atoms with Gasteiger partial charge < -0.3 is 9.64 Å². The minimum atomic E-state index is -3.64. The van der Waals surface area contributed by atoms with Gasteiger partial charge in [-0.15, -0.1) is 0 Å². The molecule has 0 bridgehead atoms. The van der Waals surface area contributed by atoms with Crippen LogP contribution in [0.25, 0.3) is 0 Å². The van der Waals surface area contributed by atoms with Crippen LogP contribution in [0.15, 0.2) is 47.4 Å². The minimum Gasteiger partial charge on any atom is -0.492 e. The summed E-state index contributed by atoms with van der Waals surface area (Å²) in [5.74, 6) is 0.861. The Kier molecular flexibility index (Phi) is 4.28. The van der Waals surface area contributed by atoms with Gasteiger partial charge >= 0.3 is 0 Å². The summed E-state index contributed by atoms with van der Waals surface area (Å²) in [6, 6.07) is 13.0. The lowest BCUT2D eigenvalue weighted by atomic mass is 10.2. The number of benzene rings is 2. The van der Waals surface area contributed by atoms with E-state index in [4.69, 9.17) is 9.88 Å². The van der Waals surface area contributed by atoms with E-state index in [1.54, 1.807) is 12.1 Å². The molecule has 2 aromatic carbocycles. The second-order valence-corrected chi connectivity index (χ2v) is 7.30. The second-order valence-electron chi connectivity index (χ2n) is 5.73. The monoisotopic (exact) mass is 332 g/mol. The number of sulfonamides is 1. The highest BCUT2D eigenvalue weighted by atomic mass is 32.2. The van der Waals surface area contributed by atoms with E-state index in [-0.39, 0.29) is 4.90 Å². The molecular weight excluding hydrogens is 312 g/mol. The molecule has 1 heterocycles. The number of ether oxygens (including phenoxy) is 1. The second kappa shape index (κ2) is 6.22. The fourth-order valence-corrected chi connectivity index (χ4v) is 3.33. The molecule has 122 valence electrons. The summed E-state index contributed by atoms with van der Waals surface area (Å²) in [4.78, 5) is 2.38. The van der Waals surface area contributed by atoms with Crippen LogP contribution in [-0.4, -0.2) is 28.1 Å². The molecular formula is C17H20N2O3S. The van der Waals surface area contributed by atoms with Crippen LogP contribution >= 0.6 is 0 Å². The fraction of sp³-hybridized carbons (Fsp3) is 0.294. The Morgan fingerprint density at radius 2 is 1.91 bits per heavy atom. The number of hydrogen-bond donors (Lipinski definition) is 1. The topological polar surface area (TPSA) is 72.6 Å². The molecule has 0 spiro atoms. The van der Waals surface area contributed by atoms with Crippen LogP contribution in [0.3, 0.4) is 0 Å². The summed E-state index contributed by atoms with van der Waals surface area (Å²) in [6.07, 6.45) is 0.823. The molecule has 5 nitrogen and oxygen atoms in total. The molecule has 0 saturated heterocycles. The van der Waals surface area contributed by atoms with Gasteiger partial charge in [-0.3, -0.25) is 0 Å². The van der Waals surface area contributed by atoms with E-state index >= 15 is 0 Å². The van der Waals surface area contributed by atoms with Crippen molar-refractivity contribution < 1.29 is 13.2 Å². The van der Waals surface area contributed by atoms with E-state index in [1.807, 2.05) is 37.3 Å². The normalized spacial score (nSPS) is 13.9. The van der Waals surface area contributed by atoms with Crippen LogP contribution in [0.2, 0.25) is 0 Å². The predicted molar refractivity (Wildman–Crippen MR) is 90.4 cm³/mol. The van der Waals surface area contributed by atoms with Gasteiger partial charge in [-0.2, -0.15) is 0 Å². The summed E-state index contributed by atoms with van der Waals surface area (Å²) in [5.41, 5.74) is 3.29. The zero-order chi connectivity index (χ0) is 16.4. The van der Waals surface area contributed by atoms with Gasteiger partial charge in [0.25, 0.3) is 0 Å². The third-order valence-electron chi connectivity index (χ3n) is 4.02. The van der Waals surface area contributed by atoms with Gasteiger partial charge in [0.05, 0.1) is 11.4 Å². The lowest BCUT2D eigenvalue weighted by Gasteiger charge is -2.19. The van der Waals surface area contributed by atoms with Gasteiger partial charge in [-0.1, -0.05) is 17.7 Å². The third kappa shape index (κ3) is 3.65. The van der Waals surface area contributed by atoms with E-state index in [2.05, 4.69) is 4.90 Å². The van der Waals surface area contributed by atoms with Crippen LogP contribution < -0.4 is 14.8 Å². The third-order valence-corrected chi connectivity index (χ3v) is 4.93. The Morgan fingerprint density at radius 3 is 2.61 bits per heavy atom. The van der Waals surface area contributed by atoms with E-state index in [0.717, 1.165) is 36.5 Å². The maximum Gasteiger partial charge on any atom is 0.238 e. The van der Waals surface area contributed by atoms with Crippen LogP contribution in [0.5, 0.6) is 5.75 Å². The first-order chi connectivity index (χ1) is 10.9. The average Bonchev–Trinajstić information content (AvgIpc) is 2.91. The van der Waals surface area contributed by atoms with E-state index in [1.165, 1.54) is 5.56 Å². The van der Waals surface area contributed by atoms with Gasteiger partial charge in [0, 0.05) is 12.2 Å². The number of fused-ring (bicyclic) bond motifs is 1. The molecule has 6 heteroatoms. The summed E-state index contributed by atoms with van der Waals surface area (Å²) in [7, 11) is -3.64. The number of nitrogens with zero attached hydrogens (tertiary/aromatic N) is 1. The molecule has 2 N–H and O–H groups in total. The molecule has 1 aliphatic rings. The molecule has 2 aromatic rings. The Labute approximate surface area is 136 Å². The van der Waals surface area contributed by atoms with Crippen LogP contribution in [0.4, 0.5) is 5.69 Å². The number of anilines is 1. The van der Waals surface area contributed by atoms with Gasteiger partial charge in [0.2, 0.25) is 10.0 Å². The van der Waals surface area contributed by atoms with Crippen molar-refractivity contribution in [1.82, 2.24) is 0 Å². The number of primary sulfonamides is 1. The quantitative estimate of drug-likeness (QED) is 0.910.